The summed E-state index contributed by atoms with van der Waals surface area (Å²) in [6.07, 6.45) is -0.0241. The molecule has 0 atom stereocenters. The Labute approximate surface area is 193 Å². The number of hydrogen-bond donors (Lipinski definition) is 0. The average Bonchev–Trinajstić information content (AvgIpc) is 2.79. The third-order valence-electron chi connectivity index (χ3n) is 5.12. The predicted molar refractivity (Wildman–Crippen MR) is 111 cm³/mol. The van der Waals surface area contributed by atoms with Crippen molar-refractivity contribution < 1.29 is 49.6 Å². The van der Waals surface area contributed by atoms with Gasteiger partial charge >= 0.3 is 21.6 Å². The van der Waals surface area contributed by atoms with Gasteiger partial charge in [0.15, 0.2) is 0 Å². The quantitative estimate of drug-likeness (QED) is 0.323. The smallest absolute Gasteiger partial charge is 0.497 e. The number of nitrogens with zero attached hydrogens (tertiary/aromatic N) is 1. The van der Waals surface area contributed by atoms with Crippen molar-refractivity contribution in [3.63, 3.8) is 0 Å². The maximum absolute atomic E-state index is 13.2. The topological polar surface area (TPSA) is 108 Å². The van der Waals surface area contributed by atoms with E-state index in [4.69, 9.17) is 9.47 Å². The normalized spacial score (nSPS) is 13.8. The second kappa shape index (κ2) is 9.41. The van der Waals surface area contributed by atoms with E-state index in [2.05, 4.69) is 8.92 Å². The van der Waals surface area contributed by atoms with Crippen LogP contribution in [0.15, 0.2) is 30.3 Å². The highest BCUT2D eigenvalue weighted by atomic mass is 32.2. The maximum atomic E-state index is 13.2. The molecule has 0 radical (unpaired) electrons. The number of carbonyl (C=O) groups excluding carboxylic acids is 2. The van der Waals surface area contributed by atoms with E-state index in [0.717, 1.165) is 19.2 Å². The monoisotopic (exact) mass is 503 g/mol. The van der Waals surface area contributed by atoms with E-state index in [1.165, 1.54) is 19.1 Å². The first-order valence-electron chi connectivity index (χ1n) is 9.68. The number of ether oxygens (including phenoxy) is 3. The number of fused-ring (bicyclic) bond motifs is 1. The summed E-state index contributed by atoms with van der Waals surface area (Å²) >= 11 is 0. The van der Waals surface area contributed by atoms with Crippen LogP contribution in [-0.4, -0.2) is 58.6 Å². The molecule has 34 heavy (non-hydrogen) atoms. The van der Waals surface area contributed by atoms with E-state index in [1.807, 2.05) is 0 Å². The van der Waals surface area contributed by atoms with Crippen molar-refractivity contribution in [2.24, 2.45) is 0 Å². The molecule has 1 aliphatic heterocycles. The second-order valence-corrected chi connectivity index (χ2v) is 8.67. The van der Waals surface area contributed by atoms with Gasteiger partial charge in [-0.2, -0.15) is 21.6 Å². The standard InChI is InChI=1S/C21H20F3NO8S/c1-30-14-5-4-12(17(10-14)31-2)11-25-7-6-15-16(19(25)26)8-13(20(27)32-3)9-18(15)33-34(28,29)21(22,23)24/h4-5,8-10H,6-7,11H2,1-3H3. The van der Waals surface area contributed by atoms with E-state index in [0.29, 0.717) is 17.1 Å². The van der Waals surface area contributed by atoms with E-state index >= 15 is 0 Å². The number of esters is 1. The fraction of sp³-hybridized carbons (Fsp3) is 0.333. The van der Waals surface area contributed by atoms with Crippen LogP contribution < -0.4 is 13.7 Å². The lowest BCUT2D eigenvalue weighted by molar-refractivity contribution is -0.0500. The van der Waals surface area contributed by atoms with Crippen molar-refractivity contribution in [1.29, 1.82) is 0 Å². The molecule has 13 heteroatoms. The highest BCUT2D eigenvalue weighted by molar-refractivity contribution is 7.88. The molecule has 184 valence electrons. The zero-order valence-electron chi connectivity index (χ0n) is 18.3. The van der Waals surface area contributed by atoms with Gasteiger partial charge in [-0.3, -0.25) is 4.79 Å². The van der Waals surface area contributed by atoms with E-state index in [-0.39, 0.29) is 36.2 Å². The number of rotatable bonds is 7. The van der Waals surface area contributed by atoms with Crippen LogP contribution in [0.1, 0.15) is 31.8 Å². The van der Waals surface area contributed by atoms with Crippen molar-refractivity contribution >= 4 is 22.0 Å². The van der Waals surface area contributed by atoms with E-state index < -0.39 is 33.3 Å². The third kappa shape index (κ3) is 4.88. The first-order chi connectivity index (χ1) is 15.9. The van der Waals surface area contributed by atoms with Gasteiger partial charge in [-0.05, 0) is 30.7 Å². The minimum atomic E-state index is -6.03. The number of benzene rings is 2. The van der Waals surface area contributed by atoms with Crippen LogP contribution in [0.25, 0.3) is 0 Å². The van der Waals surface area contributed by atoms with Crippen LogP contribution in [0.4, 0.5) is 13.2 Å². The summed E-state index contributed by atoms with van der Waals surface area (Å²) < 4.78 is 81.2. The molecule has 1 heterocycles. The molecule has 2 aromatic carbocycles. The molecule has 0 aromatic heterocycles. The number of hydrogen-bond acceptors (Lipinski definition) is 8. The van der Waals surface area contributed by atoms with Gasteiger partial charge in [0.05, 0.1) is 26.9 Å². The SMILES string of the molecule is COC(=O)c1cc(OS(=O)(=O)C(F)(F)F)c2c(c1)C(=O)N(Cc1ccc(OC)cc1OC)CC2. The Hall–Kier alpha value is -3.48. The molecule has 0 saturated heterocycles. The molecule has 3 rings (SSSR count). The van der Waals surface area contributed by atoms with Gasteiger partial charge in [0.25, 0.3) is 5.91 Å². The largest absolute Gasteiger partial charge is 0.534 e. The van der Waals surface area contributed by atoms with Gasteiger partial charge < -0.3 is 23.3 Å². The fourth-order valence-corrected chi connectivity index (χ4v) is 3.91. The van der Waals surface area contributed by atoms with Crippen molar-refractivity contribution in [2.45, 2.75) is 18.5 Å². The average molecular weight is 503 g/mol. The molecule has 0 fully saturated rings. The molecule has 0 bridgehead atoms. The third-order valence-corrected chi connectivity index (χ3v) is 6.08. The Kier molecular flexibility index (Phi) is 6.96. The Morgan fingerprint density at radius 2 is 1.76 bits per heavy atom. The molecule has 0 N–H and O–H groups in total. The van der Waals surface area contributed by atoms with Crippen molar-refractivity contribution in [3.05, 3.63) is 52.6 Å². The summed E-state index contributed by atoms with van der Waals surface area (Å²) in [5, 5.41) is 0. The highest BCUT2D eigenvalue weighted by Gasteiger charge is 2.49. The lowest BCUT2D eigenvalue weighted by Crippen LogP contribution is -2.38. The molecule has 1 aliphatic rings. The summed E-state index contributed by atoms with van der Waals surface area (Å²) in [5.74, 6) is -1.41. The lowest BCUT2D eigenvalue weighted by atomic mass is 9.95. The van der Waals surface area contributed by atoms with E-state index in [9.17, 15) is 31.2 Å². The summed E-state index contributed by atoms with van der Waals surface area (Å²) in [5.41, 5.74) is -5.65. The second-order valence-electron chi connectivity index (χ2n) is 7.13. The van der Waals surface area contributed by atoms with Gasteiger partial charge in [0, 0.05) is 35.8 Å². The van der Waals surface area contributed by atoms with Gasteiger partial charge in [0.1, 0.15) is 17.2 Å². The zero-order chi connectivity index (χ0) is 25.3. The van der Waals surface area contributed by atoms with Crippen LogP contribution >= 0.6 is 0 Å². The number of methoxy groups -OCH3 is 3. The number of halogens is 3. The molecule has 0 unspecified atom stereocenters. The summed E-state index contributed by atoms with van der Waals surface area (Å²) in [4.78, 5) is 26.6. The zero-order valence-corrected chi connectivity index (χ0v) is 19.1. The van der Waals surface area contributed by atoms with Crippen LogP contribution in [-0.2, 0) is 27.8 Å². The molecular weight excluding hydrogens is 483 g/mol. The van der Waals surface area contributed by atoms with Crippen LogP contribution in [0.5, 0.6) is 17.2 Å². The summed E-state index contributed by atoms with van der Waals surface area (Å²) in [6, 6.07) is 6.93. The highest BCUT2D eigenvalue weighted by Crippen LogP contribution is 2.35. The Morgan fingerprint density at radius 3 is 2.35 bits per heavy atom. The lowest BCUT2D eigenvalue weighted by Gasteiger charge is -2.30. The van der Waals surface area contributed by atoms with Crippen LogP contribution in [0, 0.1) is 0 Å². The fourth-order valence-electron chi connectivity index (χ4n) is 3.43. The summed E-state index contributed by atoms with van der Waals surface area (Å²) in [6.45, 7) is 0.117. The van der Waals surface area contributed by atoms with Gasteiger partial charge in [0.2, 0.25) is 0 Å². The van der Waals surface area contributed by atoms with Crippen molar-refractivity contribution in [2.75, 3.05) is 27.9 Å². The Morgan fingerprint density at radius 1 is 1.06 bits per heavy atom. The molecule has 0 aliphatic carbocycles. The van der Waals surface area contributed by atoms with Crippen molar-refractivity contribution in [1.82, 2.24) is 4.90 Å². The van der Waals surface area contributed by atoms with Crippen molar-refractivity contribution in [3.8, 4) is 17.2 Å². The van der Waals surface area contributed by atoms with Crippen LogP contribution in [0.3, 0.4) is 0 Å². The molecule has 2 aromatic rings. The van der Waals surface area contributed by atoms with Crippen LogP contribution in [0.2, 0.25) is 0 Å². The molecule has 9 nitrogen and oxygen atoms in total. The number of amides is 1. The van der Waals surface area contributed by atoms with Gasteiger partial charge in [-0.15, -0.1) is 0 Å². The Balaban J connectivity index is 2.02. The first kappa shape index (κ1) is 25.1. The molecule has 0 spiro atoms. The molecule has 0 saturated carbocycles. The van der Waals surface area contributed by atoms with Gasteiger partial charge in [-0.25, -0.2) is 4.79 Å². The molecular formula is C21H20F3NO8S. The van der Waals surface area contributed by atoms with E-state index in [1.54, 1.807) is 18.2 Å². The first-order valence-corrected chi connectivity index (χ1v) is 11.1. The minimum Gasteiger partial charge on any atom is -0.497 e. The molecule has 1 amide bonds. The Bertz CT molecular complexity index is 1230. The minimum absolute atomic E-state index is 0.0241. The van der Waals surface area contributed by atoms with Gasteiger partial charge in [-0.1, -0.05) is 0 Å². The predicted octanol–water partition coefficient (Wildman–Crippen LogP) is 2.92. The maximum Gasteiger partial charge on any atom is 0.534 e. The number of carbonyl (C=O) groups is 2. The summed E-state index contributed by atoms with van der Waals surface area (Å²) in [7, 11) is -2.08. The number of alkyl halides is 3.